The number of fused-ring (bicyclic) bond motifs is 1. The van der Waals surface area contributed by atoms with Gasteiger partial charge in [-0.2, -0.15) is 0 Å². The van der Waals surface area contributed by atoms with Crippen LogP contribution in [-0.2, 0) is 10.0 Å². The Kier molecular flexibility index (Phi) is 5.04. The average Bonchev–Trinajstić information content (AvgIpc) is 3.18. The first-order valence-electron chi connectivity index (χ1n) is 8.51. The van der Waals surface area contributed by atoms with Crippen LogP contribution in [0, 0.1) is 0 Å². The number of rotatable bonds is 5. The van der Waals surface area contributed by atoms with E-state index < -0.39 is 15.9 Å². The van der Waals surface area contributed by atoms with Crippen LogP contribution in [0.25, 0.3) is 0 Å². The molecule has 0 spiro atoms. The lowest BCUT2D eigenvalue weighted by molar-refractivity contribution is 0.102. The highest BCUT2D eigenvalue weighted by Gasteiger charge is 2.18. The monoisotopic (exact) mass is 430 g/mol. The summed E-state index contributed by atoms with van der Waals surface area (Å²) in [4.78, 5) is 12.6. The van der Waals surface area contributed by atoms with Gasteiger partial charge in [0.15, 0.2) is 11.5 Å². The lowest BCUT2D eigenvalue weighted by atomic mass is 10.2. The molecule has 0 radical (unpaired) electrons. The van der Waals surface area contributed by atoms with E-state index in [1.807, 2.05) is 0 Å². The molecule has 0 saturated carbocycles. The number of hydrogen-bond acceptors (Lipinski definition) is 5. The summed E-state index contributed by atoms with van der Waals surface area (Å²) in [5, 5.41) is 2.84. The number of carbonyl (C=O) groups is 1. The quantitative estimate of drug-likeness (QED) is 0.635. The smallest absolute Gasteiger partial charge is 0.261 e. The summed E-state index contributed by atoms with van der Waals surface area (Å²) in [5.74, 6) is 0.760. The van der Waals surface area contributed by atoms with Crippen molar-refractivity contribution in [2.45, 2.75) is 4.90 Å². The molecule has 0 unspecified atom stereocenters. The van der Waals surface area contributed by atoms with Crippen LogP contribution in [0.1, 0.15) is 10.4 Å². The minimum absolute atomic E-state index is 0.0999. The molecule has 4 rings (SSSR count). The SMILES string of the molecule is O=C(Nc1ccc2c(c1)OCO2)c1ccc(NS(=O)(=O)c2ccccc2)c(Cl)c1. The normalized spacial score (nSPS) is 12.4. The molecule has 0 aliphatic carbocycles. The zero-order valence-corrected chi connectivity index (χ0v) is 16.5. The Balaban J connectivity index is 1.50. The average molecular weight is 431 g/mol. The molecule has 3 aromatic rings. The van der Waals surface area contributed by atoms with E-state index in [9.17, 15) is 13.2 Å². The summed E-state index contributed by atoms with van der Waals surface area (Å²) in [7, 11) is -3.78. The second kappa shape index (κ2) is 7.65. The summed E-state index contributed by atoms with van der Waals surface area (Å²) >= 11 is 6.20. The molecule has 7 nitrogen and oxygen atoms in total. The molecule has 0 bridgehead atoms. The maximum absolute atomic E-state index is 12.5. The van der Waals surface area contributed by atoms with Crippen LogP contribution in [0.2, 0.25) is 5.02 Å². The van der Waals surface area contributed by atoms with Crippen LogP contribution in [0.3, 0.4) is 0 Å². The minimum Gasteiger partial charge on any atom is -0.454 e. The molecule has 0 fully saturated rings. The third-order valence-corrected chi connectivity index (χ3v) is 5.85. The second-order valence-electron chi connectivity index (χ2n) is 6.14. The number of carbonyl (C=O) groups excluding carboxylic acids is 1. The fraction of sp³-hybridized carbons (Fsp3) is 0.0500. The van der Waals surface area contributed by atoms with Gasteiger partial charge in [0.1, 0.15) is 0 Å². The van der Waals surface area contributed by atoms with Gasteiger partial charge in [-0.1, -0.05) is 29.8 Å². The van der Waals surface area contributed by atoms with Gasteiger partial charge in [-0.05, 0) is 42.5 Å². The fourth-order valence-electron chi connectivity index (χ4n) is 2.72. The number of amides is 1. The van der Waals surface area contributed by atoms with Crippen molar-refractivity contribution in [3.63, 3.8) is 0 Å². The zero-order valence-electron chi connectivity index (χ0n) is 14.9. The van der Waals surface area contributed by atoms with Crippen molar-refractivity contribution in [3.8, 4) is 11.5 Å². The van der Waals surface area contributed by atoms with Crippen molar-refractivity contribution in [1.82, 2.24) is 0 Å². The van der Waals surface area contributed by atoms with Crippen LogP contribution in [-0.4, -0.2) is 21.1 Å². The molecule has 1 amide bonds. The van der Waals surface area contributed by atoms with Gasteiger partial charge in [0, 0.05) is 17.3 Å². The second-order valence-corrected chi connectivity index (χ2v) is 8.22. The van der Waals surface area contributed by atoms with Gasteiger partial charge in [-0.25, -0.2) is 8.42 Å². The van der Waals surface area contributed by atoms with Crippen LogP contribution in [0.4, 0.5) is 11.4 Å². The van der Waals surface area contributed by atoms with Crippen molar-refractivity contribution in [2.24, 2.45) is 0 Å². The molecule has 1 aliphatic heterocycles. The maximum Gasteiger partial charge on any atom is 0.261 e. The molecule has 0 saturated heterocycles. The van der Waals surface area contributed by atoms with E-state index in [1.54, 1.807) is 36.4 Å². The van der Waals surface area contributed by atoms with E-state index in [1.165, 1.54) is 30.3 Å². The Morgan fingerprint density at radius 3 is 2.45 bits per heavy atom. The summed E-state index contributed by atoms with van der Waals surface area (Å²) in [5.41, 5.74) is 0.981. The van der Waals surface area contributed by atoms with Gasteiger partial charge in [-0.15, -0.1) is 0 Å². The highest BCUT2D eigenvalue weighted by molar-refractivity contribution is 7.92. The van der Waals surface area contributed by atoms with Gasteiger partial charge in [-0.3, -0.25) is 9.52 Å². The van der Waals surface area contributed by atoms with Gasteiger partial charge < -0.3 is 14.8 Å². The Hall–Kier alpha value is -3.23. The Morgan fingerprint density at radius 2 is 1.69 bits per heavy atom. The van der Waals surface area contributed by atoms with Crippen molar-refractivity contribution in [1.29, 1.82) is 0 Å². The zero-order chi connectivity index (χ0) is 20.4. The molecule has 148 valence electrons. The predicted octanol–water partition coefficient (Wildman–Crippen LogP) is 4.12. The standard InChI is InChI=1S/C20H15ClN2O5S/c21-16-10-13(20(24)22-14-7-9-18-19(11-14)28-12-27-18)6-8-17(16)23-29(25,26)15-4-2-1-3-5-15/h1-11,23H,12H2,(H,22,24). The molecule has 2 N–H and O–H groups in total. The molecule has 9 heteroatoms. The fourth-order valence-corrected chi connectivity index (χ4v) is 4.10. The number of anilines is 2. The largest absolute Gasteiger partial charge is 0.454 e. The van der Waals surface area contributed by atoms with Crippen molar-refractivity contribution in [3.05, 3.63) is 77.3 Å². The van der Waals surface area contributed by atoms with Crippen LogP contribution in [0.15, 0.2) is 71.6 Å². The first kappa shape index (κ1) is 19.1. The number of nitrogens with one attached hydrogen (secondary N) is 2. The Labute approximate surface area is 172 Å². The number of ether oxygens (including phenoxy) is 2. The van der Waals surface area contributed by atoms with Gasteiger partial charge in [0.25, 0.3) is 15.9 Å². The van der Waals surface area contributed by atoms with E-state index in [2.05, 4.69) is 10.0 Å². The van der Waals surface area contributed by atoms with E-state index >= 15 is 0 Å². The third kappa shape index (κ3) is 4.13. The van der Waals surface area contributed by atoms with Gasteiger partial charge in [0.2, 0.25) is 6.79 Å². The lowest BCUT2D eigenvalue weighted by Crippen LogP contribution is -2.14. The molecular weight excluding hydrogens is 416 g/mol. The van der Waals surface area contributed by atoms with Gasteiger partial charge >= 0.3 is 0 Å². The molecule has 1 heterocycles. The molecule has 0 atom stereocenters. The summed E-state index contributed by atoms with van der Waals surface area (Å²) in [6, 6.07) is 17.3. The van der Waals surface area contributed by atoms with E-state index in [0.29, 0.717) is 17.2 Å². The Bertz CT molecular complexity index is 1180. The van der Waals surface area contributed by atoms with E-state index in [0.717, 1.165) is 0 Å². The number of halogens is 1. The predicted molar refractivity (Wildman–Crippen MR) is 109 cm³/mol. The summed E-state index contributed by atoms with van der Waals surface area (Å²) < 4.78 is 37.8. The van der Waals surface area contributed by atoms with E-state index in [4.69, 9.17) is 21.1 Å². The highest BCUT2D eigenvalue weighted by Crippen LogP contribution is 2.34. The topological polar surface area (TPSA) is 93.7 Å². The van der Waals surface area contributed by atoms with Gasteiger partial charge in [0.05, 0.1) is 15.6 Å². The molecular formula is C20H15ClN2O5S. The number of benzene rings is 3. The number of sulfonamides is 1. The lowest BCUT2D eigenvalue weighted by Gasteiger charge is -2.11. The summed E-state index contributed by atoms with van der Waals surface area (Å²) in [6.45, 7) is 0.142. The third-order valence-electron chi connectivity index (χ3n) is 4.16. The minimum atomic E-state index is -3.78. The summed E-state index contributed by atoms with van der Waals surface area (Å²) in [6.07, 6.45) is 0. The van der Waals surface area contributed by atoms with Crippen LogP contribution in [0.5, 0.6) is 11.5 Å². The first-order valence-corrected chi connectivity index (χ1v) is 10.4. The van der Waals surface area contributed by atoms with Crippen molar-refractivity contribution >= 4 is 38.9 Å². The molecule has 1 aliphatic rings. The molecule has 3 aromatic carbocycles. The highest BCUT2D eigenvalue weighted by atomic mass is 35.5. The van der Waals surface area contributed by atoms with Crippen molar-refractivity contribution in [2.75, 3.05) is 16.8 Å². The molecule has 29 heavy (non-hydrogen) atoms. The first-order chi connectivity index (χ1) is 13.9. The van der Waals surface area contributed by atoms with Crippen LogP contribution < -0.4 is 19.5 Å². The Morgan fingerprint density at radius 1 is 0.931 bits per heavy atom. The molecule has 0 aromatic heterocycles. The number of hydrogen-bond donors (Lipinski definition) is 2. The van der Waals surface area contributed by atoms with Crippen LogP contribution >= 0.6 is 11.6 Å². The maximum atomic E-state index is 12.5. The van der Waals surface area contributed by atoms with E-state index in [-0.39, 0.29) is 28.0 Å². The van der Waals surface area contributed by atoms with Crippen molar-refractivity contribution < 1.29 is 22.7 Å².